The Morgan fingerprint density at radius 1 is 1.38 bits per heavy atom. The lowest BCUT2D eigenvalue weighted by molar-refractivity contribution is 0.387. The van der Waals surface area contributed by atoms with E-state index in [1.165, 1.54) is 37.3 Å². The van der Waals surface area contributed by atoms with Gasteiger partial charge in [0.25, 0.3) is 0 Å². The molecule has 16 heavy (non-hydrogen) atoms. The van der Waals surface area contributed by atoms with Crippen molar-refractivity contribution in [2.75, 3.05) is 18.1 Å². The normalized spacial score (nSPS) is 33.5. The summed E-state index contributed by atoms with van der Waals surface area (Å²) in [6.45, 7) is 5.81. The standard InChI is InChI=1S/C14H25NS/c1-3-16-7-6-11(2)15-10-14-9-12-4-5-13(14)8-12/h4-5,11-15H,3,6-10H2,1-2H3. The summed E-state index contributed by atoms with van der Waals surface area (Å²) < 4.78 is 0. The van der Waals surface area contributed by atoms with E-state index in [0.717, 1.165) is 17.8 Å². The molecule has 0 aromatic heterocycles. The van der Waals surface area contributed by atoms with Crippen molar-refractivity contribution in [3.8, 4) is 0 Å². The van der Waals surface area contributed by atoms with Gasteiger partial charge in [-0.1, -0.05) is 19.1 Å². The van der Waals surface area contributed by atoms with Crippen LogP contribution in [0.15, 0.2) is 12.2 Å². The summed E-state index contributed by atoms with van der Waals surface area (Å²) in [6.07, 6.45) is 9.08. The highest BCUT2D eigenvalue weighted by molar-refractivity contribution is 7.99. The smallest absolute Gasteiger partial charge is 0.00467 e. The van der Waals surface area contributed by atoms with E-state index in [1.54, 1.807) is 0 Å². The van der Waals surface area contributed by atoms with E-state index in [4.69, 9.17) is 0 Å². The third-order valence-corrected chi connectivity index (χ3v) is 4.98. The van der Waals surface area contributed by atoms with Crippen molar-refractivity contribution in [2.24, 2.45) is 17.8 Å². The number of nitrogens with one attached hydrogen (secondary N) is 1. The largest absolute Gasteiger partial charge is 0.314 e. The highest BCUT2D eigenvalue weighted by atomic mass is 32.2. The van der Waals surface area contributed by atoms with Crippen LogP contribution in [0, 0.1) is 17.8 Å². The van der Waals surface area contributed by atoms with Gasteiger partial charge in [-0.15, -0.1) is 0 Å². The fourth-order valence-corrected chi connectivity index (χ4v) is 3.80. The van der Waals surface area contributed by atoms with E-state index in [9.17, 15) is 0 Å². The Kier molecular flexibility index (Phi) is 4.78. The number of fused-ring (bicyclic) bond motifs is 2. The third-order valence-electron chi connectivity index (χ3n) is 4.04. The predicted octanol–water partition coefficient (Wildman–Crippen LogP) is 3.32. The Morgan fingerprint density at radius 2 is 2.25 bits per heavy atom. The first-order valence-corrected chi connectivity index (χ1v) is 7.94. The molecule has 1 saturated carbocycles. The molecule has 0 heterocycles. The highest BCUT2D eigenvalue weighted by Crippen LogP contribution is 2.42. The molecule has 0 aliphatic heterocycles. The van der Waals surface area contributed by atoms with Gasteiger partial charge in [-0.2, -0.15) is 11.8 Å². The third kappa shape index (κ3) is 3.27. The van der Waals surface area contributed by atoms with Crippen molar-refractivity contribution in [3.05, 3.63) is 12.2 Å². The van der Waals surface area contributed by atoms with Gasteiger partial charge in [0.2, 0.25) is 0 Å². The highest BCUT2D eigenvalue weighted by Gasteiger charge is 2.35. The Bertz CT molecular complexity index is 239. The van der Waals surface area contributed by atoms with Crippen LogP contribution in [0.2, 0.25) is 0 Å². The second kappa shape index (κ2) is 6.11. The topological polar surface area (TPSA) is 12.0 Å². The zero-order chi connectivity index (χ0) is 11.4. The second-order valence-corrected chi connectivity index (χ2v) is 6.73. The fraction of sp³-hybridized carbons (Fsp3) is 0.857. The molecule has 2 bridgehead atoms. The maximum absolute atomic E-state index is 3.72. The summed E-state index contributed by atoms with van der Waals surface area (Å²) in [4.78, 5) is 0. The van der Waals surface area contributed by atoms with Gasteiger partial charge in [0.15, 0.2) is 0 Å². The molecule has 0 radical (unpaired) electrons. The van der Waals surface area contributed by atoms with Crippen LogP contribution in [0.3, 0.4) is 0 Å². The van der Waals surface area contributed by atoms with Crippen molar-refractivity contribution < 1.29 is 0 Å². The minimum atomic E-state index is 0.696. The van der Waals surface area contributed by atoms with Gasteiger partial charge < -0.3 is 5.32 Å². The van der Waals surface area contributed by atoms with Crippen LogP contribution in [0.1, 0.15) is 33.1 Å². The average Bonchev–Trinajstić information content (AvgIpc) is 2.88. The van der Waals surface area contributed by atoms with E-state index >= 15 is 0 Å². The van der Waals surface area contributed by atoms with Crippen molar-refractivity contribution in [3.63, 3.8) is 0 Å². The molecular formula is C14H25NS. The number of hydrogen-bond donors (Lipinski definition) is 1. The molecule has 0 aromatic rings. The second-order valence-electron chi connectivity index (χ2n) is 5.34. The molecule has 0 aromatic carbocycles. The first kappa shape index (κ1) is 12.5. The van der Waals surface area contributed by atoms with Crippen molar-refractivity contribution in [2.45, 2.75) is 39.2 Å². The van der Waals surface area contributed by atoms with E-state index in [1.807, 2.05) is 0 Å². The summed E-state index contributed by atoms with van der Waals surface area (Å²) in [6, 6.07) is 0.696. The molecule has 4 atom stereocenters. The van der Waals surface area contributed by atoms with Gasteiger partial charge in [-0.25, -0.2) is 0 Å². The van der Waals surface area contributed by atoms with Gasteiger partial charge in [0, 0.05) is 6.04 Å². The molecule has 0 saturated heterocycles. The van der Waals surface area contributed by atoms with E-state index < -0.39 is 0 Å². The van der Waals surface area contributed by atoms with Crippen LogP contribution in [0.4, 0.5) is 0 Å². The molecule has 1 N–H and O–H groups in total. The summed E-state index contributed by atoms with van der Waals surface area (Å²) in [5.41, 5.74) is 0. The fourth-order valence-electron chi connectivity index (χ4n) is 2.99. The van der Waals surface area contributed by atoms with Crippen LogP contribution < -0.4 is 5.32 Å². The molecule has 2 aliphatic carbocycles. The van der Waals surface area contributed by atoms with Crippen LogP contribution in [0.25, 0.3) is 0 Å². The van der Waals surface area contributed by atoms with Gasteiger partial charge in [0.1, 0.15) is 0 Å². The lowest BCUT2D eigenvalue weighted by Crippen LogP contribution is -2.33. The Labute approximate surface area is 104 Å². The van der Waals surface area contributed by atoms with Crippen molar-refractivity contribution in [1.29, 1.82) is 0 Å². The number of hydrogen-bond acceptors (Lipinski definition) is 2. The Morgan fingerprint density at radius 3 is 2.88 bits per heavy atom. The van der Waals surface area contributed by atoms with Gasteiger partial charge in [0.05, 0.1) is 0 Å². The van der Waals surface area contributed by atoms with Crippen LogP contribution in [-0.4, -0.2) is 24.1 Å². The van der Waals surface area contributed by atoms with E-state index in [0.29, 0.717) is 6.04 Å². The molecule has 1 nitrogen and oxygen atoms in total. The molecule has 2 aliphatic rings. The maximum Gasteiger partial charge on any atom is 0.00467 e. The summed E-state index contributed by atoms with van der Waals surface area (Å²) in [7, 11) is 0. The molecule has 1 fully saturated rings. The summed E-state index contributed by atoms with van der Waals surface area (Å²) in [5, 5.41) is 3.72. The minimum Gasteiger partial charge on any atom is -0.314 e. The molecule has 2 heteroatoms. The summed E-state index contributed by atoms with van der Waals surface area (Å²) in [5.74, 6) is 5.30. The molecule has 0 spiro atoms. The molecule has 2 rings (SSSR count). The number of allylic oxidation sites excluding steroid dienone is 2. The zero-order valence-corrected chi connectivity index (χ0v) is 11.4. The molecule has 4 unspecified atom stereocenters. The number of thioether (sulfide) groups is 1. The van der Waals surface area contributed by atoms with Gasteiger partial charge in [-0.3, -0.25) is 0 Å². The molecule has 92 valence electrons. The van der Waals surface area contributed by atoms with E-state index in [2.05, 4.69) is 43.1 Å². The van der Waals surface area contributed by atoms with Gasteiger partial charge in [-0.05, 0) is 62.0 Å². The Balaban J connectivity index is 1.59. The van der Waals surface area contributed by atoms with Gasteiger partial charge >= 0.3 is 0 Å². The molecule has 0 amide bonds. The maximum atomic E-state index is 3.72. The van der Waals surface area contributed by atoms with E-state index in [-0.39, 0.29) is 0 Å². The van der Waals surface area contributed by atoms with Crippen molar-refractivity contribution >= 4 is 11.8 Å². The monoisotopic (exact) mass is 239 g/mol. The quantitative estimate of drug-likeness (QED) is 0.540. The Hall–Kier alpha value is 0.0500. The lowest BCUT2D eigenvalue weighted by atomic mass is 9.93. The number of rotatable bonds is 7. The zero-order valence-electron chi connectivity index (χ0n) is 10.6. The predicted molar refractivity (Wildman–Crippen MR) is 73.9 cm³/mol. The molecular weight excluding hydrogens is 214 g/mol. The summed E-state index contributed by atoms with van der Waals surface area (Å²) >= 11 is 2.06. The minimum absolute atomic E-state index is 0.696. The SMILES string of the molecule is CCSCCC(C)NCC1CC2C=CC1C2. The van der Waals surface area contributed by atoms with Crippen LogP contribution in [0.5, 0.6) is 0 Å². The van der Waals surface area contributed by atoms with Crippen LogP contribution >= 0.6 is 11.8 Å². The lowest BCUT2D eigenvalue weighted by Gasteiger charge is -2.21. The first-order chi connectivity index (χ1) is 7.79. The van der Waals surface area contributed by atoms with Crippen molar-refractivity contribution in [1.82, 2.24) is 5.32 Å². The average molecular weight is 239 g/mol. The van der Waals surface area contributed by atoms with Crippen LogP contribution in [-0.2, 0) is 0 Å². The first-order valence-electron chi connectivity index (χ1n) is 6.79.